The van der Waals surface area contributed by atoms with Gasteiger partial charge in [-0.15, -0.1) is 0 Å². The molecule has 6 heteroatoms. The molecule has 1 aliphatic rings. The zero-order chi connectivity index (χ0) is 15.7. The van der Waals surface area contributed by atoms with Crippen LogP contribution in [0.3, 0.4) is 0 Å². The predicted molar refractivity (Wildman–Crippen MR) is 71.2 cm³/mol. The van der Waals surface area contributed by atoms with Crippen LogP contribution in [0.4, 0.5) is 17.6 Å². The van der Waals surface area contributed by atoms with Crippen LogP contribution in [0.5, 0.6) is 0 Å². The SMILES string of the molecule is CCOC1(C(N)c2ccc(F)c(C(F)(F)F)c2)CCCC1. The second kappa shape index (κ2) is 5.93. The fourth-order valence-corrected chi connectivity index (χ4v) is 3.06. The summed E-state index contributed by atoms with van der Waals surface area (Å²) in [7, 11) is 0. The Bertz CT molecular complexity index is 495. The molecule has 1 saturated carbocycles. The third kappa shape index (κ3) is 3.21. The van der Waals surface area contributed by atoms with Crippen molar-refractivity contribution in [3.05, 3.63) is 35.1 Å². The Hall–Kier alpha value is -1.14. The molecule has 1 unspecified atom stereocenters. The fraction of sp³-hybridized carbons (Fsp3) is 0.600. The minimum absolute atomic E-state index is 0.263. The van der Waals surface area contributed by atoms with E-state index in [9.17, 15) is 17.6 Å². The fourth-order valence-electron chi connectivity index (χ4n) is 3.06. The van der Waals surface area contributed by atoms with Crippen LogP contribution < -0.4 is 5.73 Å². The smallest absolute Gasteiger partial charge is 0.373 e. The standard InChI is InChI=1S/C15H19F4NO/c1-2-21-14(7-3-4-8-14)13(20)10-5-6-12(16)11(9-10)15(17,18)19/h5-6,9,13H,2-4,7-8,20H2,1H3. The summed E-state index contributed by atoms with van der Waals surface area (Å²) < 4.78 is 57.5. The molecule has 0 aromatic heterocycles. The Kier molecular flexibility index (Phi) is 4.58. The van der Waals surface area contributed by atoms with Gasteiger partial charge in [0.25, 0.3) is 0 Å². The van der Waals surface area contributed by atoms with Crippen molar-refractivity contribution in [3.8, 4) is 0 Å². The van der Waals surface area contributed by atoms with Gasteiger partial charge >= 0.3 is 6.18 Å². The van der Waals surface area contributed by atoms with Gasteiger partial charge in [0, 0.05) is 6.61 Å². The molecule has 0 saturated heterocycles. The molecule has 2 N–H and O–H groups in total. The number of nitrogens with two attached hydrogens (primary N) is 1. The van der Waals surface area contributed by atoms with Gasteiger partial charge in [0.05, 0.1) is 17.2 Å². The van der Waals surface area contributed by atoms with Crippen LogP contribution in [0.1, 0.15) is 49.8 Å². The molecular weight excluding hydrogens is 286 g/mol. The van der Waals surface area contributed by atoms with E-state index in [4.69, 9.17) is 10.5 Å². The number of ether oxygens (including phenoxy) is 1. The zero-order valence-electron chi connectivity index (χ0n) is 11.8. The van der Waals surface area contributed by atoms with E-state index in [1.54, 1.807) is 0 Å². The molecular formula is C15H19F4NO. The molecule has 0 aliphatic heterocycles. The van der Waals surface area contributed by atoms with E-state index < -0.39 is 29.2 Å². The van der Waals surface area contributed by atoms with E-state index in [0.717, 1.165) is 25.0 Å². The van der Waals surface area contributed by atoms with Crippen LogP contribution in [0.15, 0.2) is 18.2 Å². The molecule has 1 aromatic carbocycles. The van der Waals surface area contributed by atoms with Crippen LogP contribution in [-0.2, 0) is 10.9 Å². The van der Waals surface area contributed by atoms with Gasteiger partial charge in [-0.05, 0) is 37.5 Å². The number of hydrogen-bond donors (Lipinski definition) is 1. The molecule has 21 heavy (non-hydrogen) atoms. The van der Waals surface area contributed by atoms with Gasteiger partial charge in [-0.3, -0.25) is 0 Å². The Morgan fingerprint density at radius 1 is 1.29 bits per heavy atom. The minimum atomic E-state index is -4.73. The van der Waals surface area contributed by atoms with Crippen LogP contribution in [-0.4, -0.2) is 12.2 Å². The average molecular weight is 305 g/mol. The van der Waals surface area contributed by atoms with Crippen molar-refractivity contribution in [2.75, 3.05) is 6.61 Å². The van der Waals surface area contributed by atoms with Gasteiger partial charge in [0.1, 0.15) is 5.82 Å². The highest BCUT2D eigenvalue weighted by molar-refractivity contribution is 5.31. The third-order valence-corrected chi connectivity index (χ3v) is 4.10. The number of alkyl halides is 3. The van der Waals surface area contributed by atoms with Crippen molar-refractivity contribution in [2.24, 2.45) is 5.73 Å². The Balaban J connectivity index is 2.37. The van der Waals surface area contributed by atoms with Crippen LogP contribution >= 0.6 is 0 Å². The highest BCUT2D eigenvalue weighted by Crippen LogP contribution is 2.43. The number of benzene rings is 1. The maximum absolute atomic E-state index is 13.4. The topological polar surface area (TPSA) is 35.2 Å². The summed E-state index contributed by atoms with van der Waals surface area (Å²) >= 11 is 0. The second-order valence-corrected chi connectivity index (χ2v) is 5.42. The molecule has 0 amide bonds. The van der Waals surface area contributed by atoms with Gasteiger partial charge in [-0.2, -0.15) is 13.2 Å². The monoisotopic (exact) mass is 305 g/mol. The summed E-state index contributed by atoms with van der Waals surface area (Å²) in [4.78, 5) is 0. The summed E-state index contributed by atoms with van der Waals surface area (Å²) in [5.41, 5.74) is 4.51. The van der Waals surface area contributed by atoms with E-state index in [1.807, 2.05) is 6.92 Å². The quantitative estimate of drug-likeness (QED) is 0.846. The molecule has 2 rings (SSSR count). The van der Waals surface area contributed by atoms with Gasteiger partial charge in [0.2, 0.25) is 0 Å². The second-order valence-electron chi connectivity index (χ2n) is 5.42. The Morgan fingerprint density at radius 2 is 1.90 bits per heavy atom. The first-order valence-electron chi connectivity index (χ1n) is 7.06. The normalized spacial score (nSPS) is 19.7. The Morgan fingerprint density at radius 3 is 2.43 bits per heavy atom. The zero-order valence-corrected chi connectivity index (χ0v) is 11.8. The molecule has 1 aromatic rings. The van der Waals surface area contributed by atoms with E-state index in [1.165, 1.54) is 6.07 Å². The first kappa shape index (κ1) is 16.2. The van der Waals surface area contributed by atoms with Crippen molar-refractivity contribution < 1.29 is 22.3 Å². The number of rotatable bonds is 4. The van der Waals surface area contributed by atoms with Gasteiger partial charge in [-0.25, -0.2) is 4.39 Å². The van der Waals surface area contributed by atoms with Crippen molar-refractivity contribution >= 4 is 0 Å². The molecule has 0 bridgehead atoms. The molecule has 1 atom stereocenters. The largest absolute Gasteiger partial charge is 0.419 e. The molecule has 118 valence electrons. The predicted octanol–water partition coefficient (Wildman–Crippen LogP) is 4.19. The molecule has 1 fully saturated rings. The molecule has 0 spiro atoms. The summed E-state index contributed by atoms with van der Waals surface area (Å²) in [5.74, 6) is -1.28. The first-order chi connectivity index (χ1) is 9.80. The Labute approximate surface area is 121 Å². The highest BCUT2D eigenvalue weighted by Gasteiger charge is 2.42. The maximum atomic E-state index is 13.4. The van der Waals surface area contributed by atoms with E-state index >= 15 is 0 Å². The third-order valence-electron chi connectivity index (χ3n) is 4.10. The van der Waals surface area contributed by atoms with Crippen molar-refractivity contribution in [2.45, 2.75) is 50.4 Å². The van der Waals surface area contributed by atoms with Crippen LogP contribution in [0.25, 0.3) is 0 Å². The summed E-state index contributed by atoms with van der Waals surface area (Å²) in [5, 5.41) is 0. The maximum Gasteiger partial charge on any atom is 0.419 e. The van der Waals surface area contributed by atoms with Crippen LogP contribution in [0.2, 0.25) is 0 Å². The molecule has 2 nitrogen and oxygen atoms in total. The number of hydrogen-bond acceptors (Lipinski definition) is 2. The van der Waals surface area contributed by atoms with Crippen molar-refractivity contribution in [1.29, 1.82) is 0 Å². The summed E-state index contributed by atoms with van der Waals surface area (Å²) in [6, 6.07) is 2.25. The first-order valence-corrected chi connectivity index (χ1v) is 7.06. The van der Waals surface area contributed by atoms with Gasteiger partial charge in [-0.1, -0.05) is 18.9 Å². The molecule has 0 radical (unpaired) electrons. The van der Waals surface area contributed by atoms with Crippen molar-refractivity contribution in [1.82, 2.24) is 0 Å². The average Bonchev–Trinajstić information content (AvgIpc) is 2.87. The molecule has 0 heterocycles. The number of halogens is 4. The van der Waals surface area contributed by atoms with Gasteiger partial charge in [0.15, 0.2) is 0 Å². The van der Waals surface area contributed by atoms with Crippen LogP contribution in [0, 0.1) is 5.82 Å². The molecule has 1 aliphatic carbocycles. The lowest BCUT2D eigenvalue weighted by molar-refractivity contribution is -0.140. The lowest BCUT2D eigenvalue weighted by atomic mass is 9.86. The minimum Gasteiger partial charge on any atom is -0.373 e. The van der Waals surface area contributed by atoms with Crippen molar-refractivity contribution in [3.63, 3.8) is 0 Å². The van der Waals surface area contributed by atoms with E-state index in [2.05, 4.69) is 0 Å². The van der Waals surface area contributed by atoms with E-state index in [0.29, 0.717) is 19.4 Å². The van der Waals surface area contributed by atoms with E-state index in [-0.39, 0.29) is 5.56 Å². The highest BCUT2D eigenvalue weighted by atomic mass is 19.4. The lowest BCUT2D eigenvalue weighted by Crippen LogP contribution is -2.41. The lowest BCUT2D eigenvalue weighted by Gasteiger charge is -2.35. The van der Waals surface area contributed by atoms with Gasteiger partial charge < -0.3 is 10.5 Å². The summed E-state index contributed by atoms with van der Waals surface area (Å²) in [6.07, 6.45) is -1.45. The summed E-state index contributed by atoms with van der Waals surface area (Å²) in [6.45, 7) is 2.28.